The van der Waals surface area contributed by atoms with E-state index in [9.17, 15) is 9.18 Å². The van der Waals surface area contributed by atoms with Crippen molar-refractivity contribution in [3.63, 3.8) is 0 Å². The van der Waals surface area contributed by atoms with Crippen LogP contribution in [-0.2, 0) is 4.74 Å². The molecular formula is C20H20FN3O2. The van der Waals surface area contributed by atoms with Crippen molar-refractivity contribution in [3.8, 4) is 11.3 Å². The van der Waals surface area contributed by atoms with Crippen LogP contribution in [0.1, 0.15) is 12.8 Å². The number of nitrogens with one attached hydrogen (secondary N) is 3. The molecule has 1 unspecified atom stereocenters. The molecule has 1 aliphatic heterocycles. The molecule has 0 bridgehead atoms. The zero-order chi connectivity index (χ0) is 17.9. The van der Waals surface area contributed by atoms with Gasteiger partial charge in [-0.1, -0.05) is 12.1 Å². The van der Waals surface area contributed by atoms with E-state index in [0.717, 1.165) is 41.6 Å². The largest absolute Gasteiger partial charge is 0.376 e. The lowest BCUT2D eigenvalue weighted by molar-refractivity contribution is 0.112. The fraction of sp³-hybridized carbons (Fsp3) is 0.250. The van der Waals surface area contributed by atoms with Crippen LogP contribution in [0.15, 0.2) is 48.5 Å². The van der Waals surface area contributed by atoms with Crippen molar-refractivity contribution in [3.05, 3.63) is 54.3 Å². The predicted molar refractivity (Wildman–Crippen MR) is 99.7 cm³/mol. The second-order valence-corrected chi connectivity index (χ2v) is 6.46. The summed E-state index contributed by atoms with van der Waals surface area (Å²) in [5, 5.41) is 6.47. The Labute approximate surface area is 150 Å². The average molecular weight is 353 g/mol. The van der Waals surface area contributed by atoms with Gasteiger partial charge in [-0.2, -0.15) is 0 Å². The lowest BCUT2D eigenvalue weighted by Gasteiger charge is -2.12. The Morgan fingerprint density at radius 1 is 1.19 bits per heavy atom. The van der Waals surface area contributed by atoms with Gasteiger partial charge in [-0.3, -0.25) is 0 Å². The van der Waals surface area contributed by atoms with E-state index in [4.69, 9.17) is 4.74 Å². The molecule has 1 atom stereocenters. The zero-order valence-electron chi connectivity index (χ0n) is 14.2. The van der Waals surface area contributed by atoms with E-state index in [2.05, 4.69) is 15.6 Å². The molecule has 4 rings (SSSR count). The molecule has 0 radical (unpaired) electrons. The second kappa shape index (κ2) is 7.17. The fourth-order valence-electron chi connectivity index (χ4n) is 3.18. The molecule has 0 aliphatic carbocycles. The first-order valence-electron chi connectivity index (χ1n) is 8.72. The van der Waals surface area contributed by atoms with Crippen LogP contribution in [0, 0.1) is 5.82 Å². The molecule has 0 saturated carbocycles. The molecule has 1 fully saturated rings. The topological polar surface area (TPSA) is 66.2 Å². The summed E-state index contributed by atoms with van der Waals surface area (Å²) in [6, 6.07) is 13.8. The third-order valence-corrected chi connectivity index (χ3v) is 4.55. The van der Waals surface area contributed by atoms with E-state index in [-0.39, 0.29) is 18.0 Å². The summed E-state index contributed by atoms with van der Waals surface area (Å²) < 4.78 is 18.8. The van der Waals surface area contributed by atoms with Crippen LogP contribution in [0.4, 0.5) is 14.9 Å². The molecule has 134 valence electrons. The molecular weight excluding hydrogens is 333 g/mol. The van der Waals surface area contributed by atoms with Gasteiger partial charge in [0.25, 0.3) is 0 Å². The van der Waals surface area contributed by atoms with Gasteiger partial charge in [-0.05, 0) is 54.8 Å². The van der Waals surface area contributed by atoms with Crippen LogP contribution in [0.3, 0.4) is 0 Å². The summed E-state index contributed by atoms with van der Waals surface area (Å²) in [5.41, 5.74) is 3.46. The maximum absolute atomic E-state index is 13.3. The first kappa shape index (κ1) is 16.6. The van der Waals surface area contributed by atoms with Crippen molar-refractivity contribution < 1.29 is 13.9 Å². The average Bonchev–Trinajstić information content (AvgIpc) is 3.29. The summed E-state index contributed by atoms with van der Waals surface area (Å²) in [4.78, 5) is 15.2. The molecule has 5 nitrogen and oxygen atoms in total. The Hall–Kier alpha value is -2.86. The number of carbonyl (C=O) groups is 1. The van der Waals surface area contributed by atoms with Gasteiger partial charge in [0.15, 0.2) is 0 Å². The van der Waals surface area contributed by atoms with Crippen molar-refractivity contribution >= 4 is 22.6 Å². The molecule has 3 N–H and O–H groups in total. The first-order chi connectivity index (χ1) is 12.7. The molecule has 2 heterocycles. The minimum Gasteiger partial charge on any atom is -0.376 e. The van der Waals surface area contributed by atoms with Gasteiger partial charge in [0.05, 0.1) is 6.10 Å². The lowest BCUT2D eigenvalue weighted by atomic mass is 10.1. The Balaban J connectivity index is 1.40. The number of amides is 2. The number of ether oxygens (including phenoxy) is 1. The number of aromatic nitrogens is 1. The van der Waals surface area contributed by atoms with Crippen molar-refractivity contribution in [2.24, 2.45) is 0 Å². The molecule has 26 heavy (non-hydrogen) atoms. The van der Waals surface area contributed by atoms with Crippen LogP contribution < -0.4 is 10.6 Å². The Kier molecular flexibility index (Phi) is 4.58. The molecule has 1 aliphatic rings. The number of anilines is 1. The molecule has 0 spiro atoms. The lowest BCUT2D eigenvalue weighted by Crippen LogP contribution is -2.34. The van der Waals surface area contributed by atoms with Gasteiger partial charge in [0.2, 0.25) is 0 Å². The number of carbonyl (C=O) groups excluding carboxylic acids is 1. The van der Waals surface area contributed by atoms with Gasteiger partial charge in [-0.15, -0.1) is 0 Å². The highest BCUT2D eigenvalue weighted by Crippen LogP contribution is 2.25. The number of halogens is 1. The second-order valence-electron chi connectivity index (χ2n) is 6.46. The molecule has 1 saturated heterocycles. The van der Waals surface area contributed by atoms with Crippen molar-refractivity contribution in [1.29, 1.82) is 0 Å². The molecule has 6 heteroatoms. The summed E-state index contributed by atoms with van der Waals surface area (Å²) in [6.07, 6.45) is 2.16. The quantitative estimate of drug-likeness (QED) is 0.656. The molecule has 2 amide bonds. The zero-order valence-corrected chi connectivity index (χ0v) is 14.2. The minimum atomic E-state index is -0.253. The highest BCUT2D eigenvalue weighted by atomic mass is 19.1. The number of urea groups is 1. The number of fused-ring (bicyclic) bond motifs is 1. The Morgan fingerprint density at radius 3 is 2.81 bits per heavy atom. The van der Waals surface area contributed by atoms with Crippen LogP contribution in [0.5, 0.6) is 0 Å². The van der Waals surface area contributed by atoms with E-state index in [1.165, 1.54) is 12.1 Å². The van der Waals surface area contributed by atoms with Crippen LogP contribution in [0.25, 0.3) is 22.2 Å². The molecule has 3 aromatic rings. The summed E-state index contributed by atoms with van der Waals surface area (Å²) in [6.45, 7) is 1.30. The monoisotopic (exact) mass is 353 g/mol. The third kappa shape index (κ3) is 3.70. The number of H-pyrrole nitrogens is 1. The normalized spacial score (nSPS) is 16.7. The van der Waals surface area contributed by atoms with E-state index in [0.29, 0.717) is 12.2 Å². The highest BCUT2D eigenvalue weighted by molar-refractivity contribution is 5.90. The number of hydrogen-bond donors (Lipinski definition) is 3. The SMILES string of the molecule is O=C(NCC1CCCO1)Nc1ccc(-c2cc3cc(F)ccc3[nH]2)cc1. The van der Waals surface area contributed by atoms with Crippen LogP contribution in [-0.4, -0.2) is 30.3 Å². The molecule has 1 aromatic heterocycles. The number of hydrogen-bond acceptors (Lipinski definition) is 2. The van der Waals surface area contributed by atoms with Gasteiger partial charge in [0.1, 0.15) is 5.82 Å². The van der Waals surface area contributed by atoms with Gasteiger partial charge < -0.3 is 20.4 Å². The van der Waals surface area contributed by atoms with Crippen molar-refractivity contribution in [2.45, 2.75) is 18.9 Å². The maximum atomic E-state index is 13.3. The van der Waals surface area contributed by atoms with Crippen molar-refractivity contribution in [1.82, 2.24) is 10.3 Å². The first-order valence-corrected chi connectivity index (χ1v) is 8.72. The van der Waals surface area contributed by atoms with E-state index in [1.807, 2.05) is 30.3 Å². The van der Waals surface area contributed by atoms with E-state index < -0.39 is 0 Å². The number of aromatic amines is 1. The smallest absolute Gasteiger partial charge is 0.319 e. The predicted octanol–water partition coefficient (Wildman–Crippen LogP) is 4.27. The van der Waals surface area contributed by atoms with Gasteiger partial charge in [-0.25, -0.2) is 9.18 Å². The maximum Gasteiger partial charge on any atom is 0.319 e. The summed E-state index contributed by atoms with van der Waals surface area (Å²) >= 11 is 0. The molecule has 2 aromatic carbocycles. The Bertz CT molecular complexity index is 914. The third-order valence-electron chi connectivity index (χ3n) is 4.55. The highest BCUT2D eigenvalue weighted by Gasteiger charge is 2.16. The van der Waals surface area contributed by atoms with Crippen LogP contribution in [0.2, 0.25) is 0 Å². The van der Waals surface area contributed by atoms with E-state index in [1.54, 1.807) is 6.07 Å². The van der Waals surface area contributed by atoms with E-state index >= 15 is 0 Å². The van der Waals surface area contributed by atoms with Gasteiger partial charge in [0, 0.05) is 35.4 Å². The Morgan fingerprint density at radius 2 is 2.04 bits per heavy atom. The standard InChI is InChI=1S/C20H20FN3O2/c21-15-5-8-18-14(10-15)11-19(24-18)13-3-6-16(7-4-13)23-20(25)22-12-17-2-1-9-26-17/h3-8,10-11,17,24H,1-2,9,12H2,(H2,22,23,25). The minimum absolute atomic E-state index is 0.120. The summed E-state index contributed by atoms with van der Waals surface area (Å²) in [5.74, 6) is -0.253. The van der Waals surface area contributed by atoms with Gasteiger partial charge >= 0.3 is 6.03 Å². The van der Waals surface area contributed by atoms with Crippen LogP contribution >= 0.6 is 0 Å². The summed E-state index contributed by atoms with van der Waals surface area (Å²) in [7, 11) is 0. The number of rotatable bonds is 4. The number of benzene rings is 2. The van der Waals surface area contributed by atoms with Crippen molar-refractivity contribution in [2.75, 3.05) is 18.5 Å². The fourth-order valence-corrected chi connectivity index (χ4v) is 3.18.